The Labute approximate surface area is 82.2 Å². The summed E-state index contributed by atoms with van der Waals surface area (Å²) < 4.78 is 1.36. The number of hydrogen-bond donors (Lipinski definition) is 0. The summed E-state index contributed by atoms with van der Waals surface area (Å²) in [5.74, 6) is 0. The number of halogens is 1. The molecule has 0 aromatic carbocycles. The highest BCUT2D eigenvalue weighted by Gasteiger charge is 2.04. The SMILES string of the molecule is C=C/C=C(\I)C1=CCCCC1. The second kappa shape index (κ2) is 4.75. The van der Waals surface area contributed by atoms with E-state index in [1.807, 2.05) is 6.08 Å². The van der Waals surface area contributed by atoms with E-state index in [0.29, 0.717) is 0 Å². The summed E-state index contributed by atoms with van der Waals surface area (Å²) in [6.07, 6.45) is 11.5. The molecule has 0 atom stereocenters. The van der Waals surface area contributed by atoms with E-state index in [9.17, 15) is 0 Å². The van der Waals surface area contributed by atoms with Crippen molar-refractivity contribution < 1.29 is 0 Å². The van der Waals surface area contributed by atoms with Gasteiger partial charge in [-0.1, -0.05) is 18.7 Å². The van der Waals surface area contributed by atoms with Crippen molar-refractivity contribution in [3.05, 3.63) is 34.0 Å². The van der Waals surface area contributed by atoms with E-state index < -0.39 is 0 Å². The second-order valence-electron chi connectivity index (χ2n) is 2.73. The minimum absolute atomic E-state index is 1.25. The van der Waals surface area contributed by atoms with Crippen LogP contribution in [0.1, 0.15) is 25.7 Å². The molecule has 0 N–H and O–H groups in total. The van der Waals surface area contributed by atoms with E-state index in [-0.39, 0.29) is 0 Å². The van der Waals surface area contributed by atoms with Crippen molar-refractivity contribution in [3.8, 4) is 0 Å². The Balaban J connectivity index is 2.64. The van der Waals surface area contributed by atoms with Crippen molar-refractivity contribution in [3.63, 3.8) is 0 Å². The first-order valence-electron chi connectivity index (χ1n) is 4.02. The molecule has 0 aliphatic heterocycles. The quantitative estimate of drug-likeness (QED) is 0.520. The lowest BCUT2D eigenvalue weighted by molar-refractivity contribution is 0.711. The molecule has 0 spiro atoms. The minimum Gasteiger partial charge on any atom is -0.0990 e. The molecule has 0 fully saturated rings. The van der Waals surface area contributed by atoms with Crippen LogP contribution in [0.15, 0.2) is 34.0 Å². The lowest BCUT2D eigenvalue weighted by Gasteiger charge is -2.11. The molecule has 0 bridgehead atoms. The molecule has 0 aromatic heterocycles. The van der Waals surface area contributed by atoms with E-state index in [0.717, 1.165) is 0 Å². The van der Waals surface area contributed by atoms with Crippen LogP contribution >= 0.6 is 22.6 Å². The van der Waals surface area contributed by atoms with Crippen molar-refractivity contribution in [2.75, 3.05) is 0 Å². The smallest absolute Gasteiger partial charge is 0.0158 e. The van der Waals surface area contributed by atoms with E-state index >= 15 is 0 Å². The molecule has 1 rings (SSSR count). The predicted octanol–water partition coefficient (Wildman–Crippen LogP) is 3.99. The number of hydrogen-bond acceptors (Lipinski definition) is 0. The van der Waals surface area contributed by atoms with Crippen molar-refractivity contribution in [2.24, 2.45) is 0 Å². The molecule has 1 heteroatoms. The standard InChI is InChI=1S/C10H13I/c1-2-6-10(11)9-7-4-3-5-8-9/h2,6-7H,1,3-5,8H2/b10-6-. The molecule has 60 valence electrons. The maximum Gasteiger partial charge on any atom is 0.0158 e. The van der Waals surface area contributed by atoms with Crippen LogP contribution in [0.5, 0.6) is 0 Å². The second-order valence-corrected chi connectivity index (χ2v) is 3.89. The van der Waals surface area contributed by atoms with Gasteiger partial charge in [-0.15, -0.1) is 0 Å². The summed E-state index contributed by atoms with van der Waals surface area (Å²) in [4.78, 5) is 0. The lowest BCUT2D eigenvalue weighted by Crippen LogP contribution is -1.90. The predicted molar refractivity (Wildman–Crippen MR) is 58.9 cm³/mol. The van der Waals surface area contributed by atoms with Gasteiger partial charge in [-0.25, -0.2) is 0 Å². The van der Waals surface area contributed by atoms with Gasteiger partial charge in [0.15, 0.2) is 0 Å². The first-order valence-corrected chi connectivity index (χ1v) is 5.10. The van der Waals surface area contributed by atoms with Crippen LogP contribution in [0.25, 0.3) is 0 Å². The molecule has 11 heavy (non-hydrogen) atoms. The van der Waals surface area contributed by atoms with Gasteiger partial charge in [0.25, 0.3) is 0 Å². The van der Waals surface area contributed by atoms with Crippen LogP contribution in [-0.2, 0) is 0 Å². The average Bonchev–Trinajstić information content (AvgIpc) is 2.07. The summed E-state index contributed by atoms with van der Waals surface area (Å²) in [5.41, 5.74) is 1.51. The maximum absolute atomic E-state index is 3.69. The fourth-order valence-electron chi connectivity index (χ4n) is 1.27. The van der Waals surface area contributed by atoms with Crippen LogP contribution in [0, 0.1) is 0 Å². The molecule has 0 saturated heterocycles. The molecule has 1 aliphatic rings. The van der Waals surface area contributed by atoms with Crippen LogP contribution < -0.4 is 0 Å². The first kappa shape index (κ1) is 9.04. The largest absolute Gasteiger partial charge is 0.0990 e. The molecule has 0 nitrogen and oxygen atoms in total. The lowest BCUT2D eigenvalue weighted by atomic mass is 9.99. The Bertz CT molecular complexity index is 199. The van der Waals surface area contributed by atoms with Crippen LogP contribution in [0.2, 0.25) is 0 Å². The summed E-state index contributed by atoms with van der Waals surface area (Å²) in [5, 5.41) is 0. The third-order valence-corrected chi connectivity index (χ3v) is 2.91. The zero-order chi connectivity index (χ0) is 8.10. The normalized spacial score (nSPS) is 19.4. The zero-order valence-corrected chi connectivity index (χ0v) is 8.80. The molecule has 0 heterocycles. The third kappa shape index (κ3) is 2.81. The molecule has 0 saturated carbocycles. The Kier molecular flexibility index (Phi) is 3.91. The molecular weight excluding hydrogens is 247 g/mol. The van der Waals surface area contributed by atoms with E-state index in [1.165, 1.54) is 34.8 Å². The number of rotatable bonds is 2. The van der Waals surface area contributed by atoms with Crippen molar-refractivity contribution in [1.29, 1.82) is 0 Å². The third-order valence-electron chi connectivity index (χ3n) is 1.86. The fourth-order valence-corrected chi connectivity index (χ4v) is 2.01. The Hall–Kier alpha value is -0.0500. The van der Waals surface area contributed by atoms with Crippen LogP contribution in [0.4, 0.5) is 0 Å². The monoisotopic (exact) mass is 260 g/mol. The van der Waals surface area contributed by atoms with Crippen molar-refractivity contribution >= 4 is 22.6 Å². The highest BCUT2D eigenvalue weighted by Crippen LogP contribution is 2.27. The summed E-state index contributed by atoms with van der Waals surface area (Å²) in [7, 11) is 0. The molecule has 0 radical (unpaired) electrons. The van der Waals surface area contributed by atoms with Crippen molar-refractivity contribution in [2.45, 2.75) is 25.7 Å². The van der Waals surface area contributed by atoms with Gasteiger partial charge in [0.2, 0.25) is 0 Å². The van der Waals surface area contributed by atoms with E-state index in [1.54, 1.807) is 0 Å². The summed E-state index contributed by atoms with van der Waals surface area (Å²) in [6, 6.07) is 0. The Morgan fingerprint density at radius 2 is 2.36 bits per heavy atom. The van der Waals surface area contributed by atoms with Gasteiger partial charge in [0.05, 0.1) is 0 Å². The van der Waals surface area contributed by atoms with E-state index in [4.69, 9.17) is 0 Å². The first-order chi connectivity index (χ1) is 5.34. The van der Waals surface area contributed by atoms with Crippen LogP contribution in [0.3, 0.4) is 0 Å². The van der Waals surface area contributed by atoms with Gasteiger partial charge in [-0.3, -0.25) is 0 Å². The van der Waals surface area contributed by atoms with Gasteiger partial charge >= 0.3 is 0 Å². The number of allylic oxidation sites excluding steroid dienone is 5. The van der Waals surface area contributed by atoms with Gasteiger partial charge < -0.3 is 0 Å². The molecule has 0 unspecified atom stereocenters. The van der Waals surface area contributed by atoms with Gasteiger partial charge in [0.1, 0.15) is 0 Å². The average molecular weight is 260 g/mol. The van der Waals surface area contributed by atoms with Gasteiger partial charge in [-0.05, 0) is 59.9 Å². The highest BCUT2D eigenvalue weighted by atomic mass is 127. The molecule has 0 amide bonds. The molecule has 0 aromatic rings. The summed E-state index contributed by atoms with van der Waals surface area (Å²) >= 11 is 2.38. The Morgan fingerprint density at radius 1 is 1.55 bits per heavy atom. The topological polar surface area (TPSA) is 0 Å². The maximum atomic E-state index is 3.69. The molecular formula is C10H13I. The minimum atomic E-state index is 1.25. The fraction of sp³-hybridized carbons (Fsp3) is 0.400. The summed E-state index contributed by atoms with van der Waals surface area (Å²) in [6.45, 7) is 3.69. The Morgan fingerprint density at radius 3 is 2.91 bits per heavy atom. The zero-order valence-electron chi connectivity index (χ0n) is 6.65. The van der Waals surface area contributed by atoms with Gasteiger partial charge in [0, 0.05) is 3.58 Å². The van der Waals surface area contributed by atoms with Gasteiger partial charge in [-0.2, -0.15) is 0 Å². The van der Waals surface area contributed by atoms with Crippen LogP contribution in [-0.4, -0.2) is 0 Å². The highest BCUT2D eigenvalue weighted by molar-refractivity contribution is 14.1. The molecule has 1 aliphatic carbocycles. The van der Waals surface area contributed by atoms with Crippen molar-refractivity contribution in [1.82, 2.24) is 0 Å². The van der Waals surface area contributed by atoms with E-state index in [2.05, 4.69) is 41.3 Å².